The van der Waals surface area contributed by atoms with Gasteiger partial charge in [-0.05, 0) is 23.6 Å². The zero-order chi connectivity index (χ0) is 23.2. The Kier molecular flexibility index (Phi) is 7.58. The number of nitrogen functional groups attached to an aromatic ring is 1. The largest absolute Gasteiger partial charge is 0.399 e. The third-order valence-corrected chi connectivity index (χ3v) is 5.98. The molecule has 0 bridgehead atoms. The van der Waals surface area contributed by atoms with Crippen LogP contribution in [-0.2, 0) is 17.8 Å². The fraction of sp³-hybridized carbons (Fsp3) is 0.522. The number of nitrogens with zero attached hydrogens (tertiary/aromatic N) is 5. The van der Waals surface area contributed by atoms with Gasteiger partial charge in [0.1, 0.15) is 0 Å². The van der Waals surface area contributed by atoms with Crippen LogP contribution in [0.15, 0.2) is 30.6 Å². The first kappa shape index (κ1) is 23.2. The van der Waals surface area contributed by atoms with Gasteiger partial charge in [-0.2, -0.15) is 9.97 Å². The van der Waals surface area contributed by atoms with Crippen LogP contribution in [0.3, 0.4) is 0 Å². The molecule has 5 N–H and O–H groups in total. The molecule has 178 valence electrons. The lowest BCUT2D eigenvalue weighted by Gasteiger charge is -2.26. The maximum absolute atomic E-state index is 9.78. The van der Waals surface area contributed by atoms with Gasteiger partial charge in [-0.1, -0.05) is 26.0 Å². The number of aliphatic hydroxyl groups excluding tert-OH is 1. The molecule has 0 radical (unpaired) electrons. The molecular weight excluding hydrogens is 420 g/mol. The standard InChI is InChI=1S/C23H34N8O2/c1-16(2)19(14-32)27-23-28-21(25-13-17-3-5-18(24)6-4-17)20-22(29-23)31(15-26-20)8-7-30-9-11-33-12-10-30/h3-6,15-16,19,32H,7-14,24H2,1-2H3,(H2,25,27,28,29)/t19-/m1/s1. The van der Waals surface area contributed by atoms with E-state index >= 15 is 0 Å². The third kappa shape index (κ3) is 5.89. The van der Waals surface area contributed by atoms with Crippen molar-refractivity contribution in [2.45, 2.75) is 33.0 Å². The zero-order valence-corrected chi connectivity index (χ0v) is 19.4. The fourth-order valence-corrected chi connectivity index (χ4v) is 3.78. The number of imidazole rings is 1. The summed E-state index contributed by atoms with van der Waals surface area (Å²) in [4.78, 5) is 16.5. The summed E-state index contributed by atoms with van der Waals surface area (Å²) in [6.45, 7) is 9.81. The van der Waals surface area contributed by atoms with Crippen molar-refractivity contribution in [1.82, 2.24) is 24.4 Å². The minimum Gasteiger partial charge on any atom is -0.399 e. The number of morpholine rings is 1. The highest BCUT2D eigenvalue weighted by molar-refractivity contribution is 5.84. The quantitative estimate of drug-likeness (QED) is 0.339. The summed E-state index contributed by atoms with van der Waals surface area (Å²) in [5.74, 6) is 1.36. The van der Waals surface area contributed by atoms with Crippen molar-refractivity contribution >= 4 is 28.6 Å². The van der Waals surface area contributed by atoms with Gasteiger partial charge in [0.15, 0.2) is 17.0 Å². The maximum Gasteiger partial charge on any atom is 0.227 e. The fourth-order valence-electron chi connectivity index (χ4n) is 3.78. The molecule has 4 rings (SSSR count). The van der Waals surface area contributed by atoms with Crippen LogP contribution < -0.4 is 16.4 Å². The van der Waals surface area contributed by atoms with Crippen LogP contribution in [0.1, 0.15) is 19.4 Å². The van der Waals surface area contributed by atoms with Gasteiger partial charge < -0.3 is 30.8 Å². The number of anilines is 3. The molecule has 33 heavy (non-hydrogen) atoms. The predicted octanol–water partition coefficient (Wildman–Crippen LogP) is 1.78. The molecule has 10 heteroatoms. The minimum absolute atomic E-state index is 0.00353. The molecule has 1 saturated heterocycles. The summed E-state index contributed by atoms with van der Waals surface area (Å²) in [5.41, 5.74) is 9.12. The van der Waals surface area contributed by atoms with Crippen LogP contribution in [0.25, 0.3) is 11.2 Å². The number of hydrogen-bond donors (Lipinski definition) is 4. The Morgan fingerprint density at radius 1 is 1.12 bits per heavy atom. The van der Waals surface area contributed by atoms with E-state index in [9.17, 15) is 5.11 Å². The average molecular weight is 455 g/mol. The van der Waals surface area contributed by atoms with E-state index in [1.165, 1.54) is 0 Å². The number of rotatable bonds is 10. The van der Waals surface area contributed by atoms with E-state index in [1.54, 1.807) is 0 Å². The van der Waals surface area contributed by atoms with Crippen molar-refractivity contribution in [1.29, 1.82) is 0 Å². The van der Waals surface area contributed by atoms with Crippen molar-refractivity contribution in [3.63, 3.8) is 0 Å². The number of hydrogen-bond acceptors (Lipinski definition) is 9. The summed E-state index contributed by atoms with van der Waals surface area (Å²) >= 11 is 0. The Hall–Kier alpha value is -2.95. The molecule has 0 amide bonds. The highest BCUT2D eigenvalue weighted by Gasteiger charge is 2.18. The molecule has 1 atom stereocenters. The number of ether oxygens (including phenoxy) is 1. The van der Waals surface area contributed by atoms with Crippen molar-refractivity contribution in [3.8, 4) is 0 Å². The van der Waals surface area contributed by atoms with Crippen molar-refractivity contribution in [2.24, 2.45) is 5.92 Å². The van der Waals surface area contributed by atoms with Crippen LogP contribution in [0.4, 0.5) is 17.5 Å². The van der Waals surface area contributed by atoms with Crippen molar-refractivity contribution in [3.05, 3.63) is 36.2 Å². The Labute approximate surface area is 194 Å². The number of aromatic nitrogens is 4. The van der Waals surface area contributed by atoms with Crippen molar-refractivity contribution < 1.29 is 9.84 Å². The van der Waals surface area contributed by atoms with Gasteiger partial charge in [-0.15, -0.1) is 0 Å². The smallest absolute Gasteiger partial charge is 0.227 e. The second-order valence-corrected chi connectivity index (χ2v) is 8.73. The van der Waals surface area contributed by atoms with Crippen LogP contribution >= 0.6 is 0 Å². The minimum atomic E-state index is -0.142. The number of nitrogens with one attached hydrogen (secondary N) is 2. The monoisotopic (exact) mass is 454 g/mol. The summed E-state index contributed by atoms with van der Waals surface area (Å²) < 4.78 is 7.51. The Morgan fingerprint density at radius 3 is 2.58 bits per heavy atom. The van der Waals surface area contributed by atoms with E-state index in [0.29, 0.717) is 18.3 Å². The first-order valence-corrected chi connectivity index (χ1v) is 11.5. The maximum atomic E-state index is 9.78. The van der Waals surface area contributed by atoms with Gasteiger partial charge in [-0.25, -0.2) is 4.98 Å². The summed E-state index contributed by atoms with van der Waals surface area (Å²) in [6.07, 6.45) is 1.82. The number of aliphatic hydroxyl groups is 1. The Bertz CT molecular complexity index is 1030. The van der Waals surface area contributed by atoms with E-state index < -0.39 is 0 Å². The van der Waals surface area contributed by atoms with E-state index in [-0.39, 0.29) is 18.6 Å². The highest BCUT2D eigenvalue weighted by Crippen LogP contribution is 2.23. The van der Waals surface area contributed by atoms with Crippen LogP contribution in [0.2, 0.25) is 0 Å². The Balaban J connectivity index is 1.59. The van der Waals surface area contributed by atoms with Gasteiger partial charge in [0.2, 0.25) is 5.95 Å². The molecule has 10 nitrogen and oxygen atoms in total. The van der Waals surface area contributed by atoms with Crippen LogP contribution in [0.5, 0.6) is 0 Å². The molecular formula is C23H34N8O2. The van der Waals surface area contributed by atoms with Gasteiger partial charge in [0.25, 0.3) is 0 Å². The molecule has 1 aliphatic rings. The summed E-state index contributed by atoms with van der Waals surface area (Å²) in [7, 11) is 0. The summed E-state index contributed by atoms with van der Waals surface area (Å²) in [5, 5.41) is 16.5. The second kappa shape index (κ2) is 10.8. The number of nitrogens with two attached hydrogens (primary N) is 1. The predicted molar refractivity (Wildman–Crippen MR) is 130 cm³/mol. The second-order valence-electron chi connectivity index (χ2n) is 8.73. The zero-order valence-electron chi connectivity index (χ0n) is 19.4. The lowest BCUT2D eigenvalue weighted by atomic mass is 10.1. The van der Waals surface area contributed by atoms with Crippen LogP contribution in [0, 0.1) is 5.92 Å². The van der Waals surface area contributed by atoms with Gasteiger partial charge in [0, 0.05) is 38.4 Å². The van der Waals surface area contributed by atoms with E-state index in [0.717, 1.165) is 61.8 Å². The molecule has 2 aromatic heterocycles. The van der Waals surface area contributed by atoms with Gasteiger partial charge in [0.05, 0.1) is 32.2 Å². The van der Waals surface area contributed by atoms with E-state index in [1.807, 2.05) is 30.6 Å². The molecule has 0 unspecified atom stereocenters. The number of fused-ring (bicyclic) bond motifs is 1. The lowest BCUT2D eigenvalue weighted by molar-refractivity contribution is 0.0365. The SMILES string of the molecule is CC(C)[C@@H](CO)Nc1nc(NCc2ccc(N)cc2)c2ncn(CCN3CCOCC3)c2n1. The van der Waals surface area contributed by atoms with E-state index in [2.05, 4.69) is 38.9 Å². The molecule has 3 heterocycles. The van der Waals surface area contributed by atoms with E-state index in [4.69, 9.17) is 20.4 Å². The average Bonchev–Trinajstić information content (AvgIpc) is 3.24. The van der Waals surface area contributed by atoms with Gasteiger partial charge in [-0.3, -0.25) is 4.90 Å². The van der Waals surface area contributed by atoms with Crippen LogP contribution in [-0.4, -0.2) is 75.0 Å². The third-order valence-electron chi connectivity index (χ3n) is 5.98. The molecule has 0 saturated carbocycles. The molecule has 1 aliphatic heterocycles. The summed E-state index contributed by atoms with van der Waals surface area (Å²) in [6, 6.07) is 7.60. The molecule has 0 aliphatic carbocycles. The molecule has 1 aromatic carbocycles. The first-order valence-electron chi connectivity index (χ1n) is 11.5. The highest BCUT2D eigenvalue weighted by atomic mass is 16.5. The topological polar surface area (TPSA) is 126 Å². The first-order chi connectivity index (χ1) is 16.0. The Morgan fingerprint density at radius 2 is 1.88 bits per heavy atom. The molecule has 0 spiro atoms. The molecule has 1 fully saturated rings. The van der Waals surface area contributed by atoms with Gasteiger partial charge >= 0.3 is 0 Å². The van der Waals surface area contributed by atoms with Crippen molar-refractivity contribution in [2.75, 3.05) is 55.8 Å². The number of benzene rings is 1. The molecule has 3 aromatic rings. The normalized spacial score (nSPS) is 15.8. The lowest BCUT2D eigenvalue weighted by Crippen LogP contribution is -2.38.